The number of hydrogen-bond donors (Lipinski definition) is 1. The Morgan fingerprint density at radius 1 is 1.30 bits per heavy atom. The summed E-state index contributed by atoms with van der Waals surface area (Å²) in [5, 5.41) is 0.386. The third kappa shape index (κ3) is 2.70. The highest BCUT2D eigenvalue weighted by Gasteiger charge is 2.21. The number of carbonyl (C=O) groups is 1. The van der Waals surface area contributed by atoms with Crippen molar-refractivity contribution in [2.75, 3.05) is 6.61 Å². The van der Waals surface area contributed by atoms with Gasteiger partial charge in [-0.1, -0.05) is 6.07 Å². The Balaban J connectivity index is 2.32. The Labute approximate surface area is 131 Å². The largest absolute Gasteiger partial charge is 0.476 e. The van der Waals surface area contributed by atoms with Crippen molar-refractivity contribution in [1.82, 2.24) is 0 Å². The van der Waals surface area contributed by atoms with E-state index in [2.05, 4.69) is 0 Å². The lowest BCUT2D eigenvalue weighted by Gasteiger charge is -2.10. The van der Waals surface area contributed by atoms with Gasteiger partial charge in [-0.2, -0.15) is 0 Å². The van der Waals surface area contributed by atoms with Crippen LogP contribution in [0.1, 0.15) is 11.1 Å². The first-order valence-electron chi connectivity index (χ1n) is 7.00. The lowest BCUT2D eigenvalue weighted by atomic mass is 10.1. The monoisotopic (exact) mass is 313 g/mol. The lowest BCUT2D eigenvalue weighted by molar-refractivity contribution is -0.119. The molecule has 0 aliphatic rings. The topological polar surface area (TPSA) is 95.7 Å². The number of carbonyl (C=O) groups excluding carboxylic acids is 1. The van der Waals surface area contributed by atoms with Crippen LogP contribution in [-0.2, 0) is 4.79 Å². The Morgan fingerprint density at radius 2 is 2.09 bits per heavy atom. The standard InChI is InChI=1S/C17H15NO5/c1-9-6-10(2)15-11(7-9)14(20)17(22-8-13(18)19)16(23-15)12-4-3-5-21-12/h3-7H,8H2,1-2H3,(H2,18,19). The fraction of sp³-hybridized carbons (Fsp3) is 0.176. The van der Waals surface area contributed by atoms with Crippen LogP contribution >= 0.6 is 0 Å². The van der Waals surface area contributed by atoms with Crippen molar-refractivity contribution in [2.45, 2.75) is 13.8 Å². The van der Waals surface area contributed by atoms with Crippen molar-refractivity contribution in [3.8, 4) is 17.3 Å². The molecule has 0 bridgehead atoms. The van der Waals surface area contributed by atoms with Crippen LogP contribution in [-0.4, -0.2) is 12.5 Å². The summed E-state index contributed by atoms with van der Waals surface area (Å²) in [6.45, 7) is 3.32. The molecule has 1 aromatic carbocycles. The SMILES string of the molecule is Cc1cc(C)c2oc(-c3ccco3)c(OCC(N)=O)c(=O)c2c1. The number of furan rings is 1. The molecule has 0 spiro atoms. The maximum absolute atomic E-state index is 12.8. The highest BCUT2D eigenvalue weighted by molar-refractivity contribution is 5.84. The van der Waals surface area contributed by atoms with E-state index in [0.717, 1.165) is 11.1 Å². The highest BCUT2D eigenvalue weighted by Crippen LogP contribution is 2.32. The molecule has 0 aliphatic heterocycles. The molecule has 3 rings (SSSR count). The van der Waals surface area contributed by atoms with Crippen LogP contribution in [0.25, 0.3) is 22.5 Å². The van der Waals surface area contributed by atoms with Crippen LogP contribution in [0.15, 0.2) is 44.2 Å². The minimum absolute atomic E-state index is 0.0868. The van der Waals surface area contributed by atoms with Crippen molar-refractivity contribution < 1.29 is 18.4 Å². The molecule has 0 aliphatic carbocycles. The number of amides is 1. The van der Waals surface area contributed by atoms with E-state index in [1.54, 1.807) is 18.2 Å². The van der Waals surface area contributed by atoms with Crippen LogP contribution in [0.4, 0.5) is 0 Å². The first-order chi connectivity index (χ1) is 11.0. The molecule has 2 N–H and O–H groups in total. The summed E-state index contributed by atoms with van der Waals surface area (Å²) in [5.41, 5.74) is 6.94. The van der Waals surface area contributed by atoms with E-state index in [4.69, 9.17) is 19.3 Å². The molecule has 0 radical (unpaired) electrons. The molecule has 2 aromatic heterocycles. The molecule has 0 atom stereocenters. The van der Waals surface area contributed by atoms with Crippen LogP contribution in [0.2, 0.25) is 0 Å². The molecule has 0 saturated heterocycles. The average molecular weight is 313 g/mol. The van der Waals surface area contributed by atoms with Gasteiger partial charge in [0.2, 0.25) is 16.9 Å². The van der Waals surface area contributed by atoms with Crippen molar-refractivity contribution in [2.24, 2.45) is 5.73 Å². The van der Waals surface area contributed by atoms with Gasteiger partial charge in [0, 0.05) is 0 Å². The van der Waals surface area contributed by atoms with Crippen LogP contribution in [0.3, 0.4) is 0 Å². The fourth-order valence-electron chi connectivity index (χ4n) is 2.48. The zero-order valence-corrected chi connectivity index (χ0v) is 12.7. The molecule has 1 amide bonds. The third-order valence-electron chi connectivity index (χ3n) is 3.38. The Bertz CT molecular complexity index is 938. The Hall–Kier alpha value is -3.02. The summed E-state index contributed by atoms with van der Waals surface area (Å²) in [4.78, 5) is 23.8. The van der Waals surface area contributed by atoms with Crippen LogP contribution in [0.5, 0.6) is 5.75 Å². The summed E-state index contributed by atoms with van der Waals surface area (Å²) < 4.78 is 16.5. The number of aryl methyl sites for hydroxylation is 2. The van der Waals surface area contributed by atoms with Crippen molar-refractivity contribution in [3.05, 3.63) is 51.9 Å². The van der Waals surface area contributed by atoms with Gasteiger partial charge < -0.3 is 19.3 Å². The summed E-state index contributed by atoms with van der Waals surface area (Å²) in [5.74, 6) is -0.296. The molecule has 23 heavy (non-hydrogen) atoms. The number of nitrogens with two attached hydrogens (primary N) is 1. The quantitative estimate of drug-likeness (QED) is 0.798. The summed E-state index contributed by atoms with van der Waals surface area (Å²) in [6, 6.07) is 6.95. The second kappa shape index (κ2) is 5.64. The predicted molar refractivity (Wildman–Crippen MR) is 84.3 cm³/mol. The lowest BCUT2D eigenvalue weighted by Crippen LogP contribution is -2.22. The summed E-state index contributed by atoms with van der Waals surface area (Å²) >= 11 is 0. The normalized spacial score (nSPS) is 10.9. The van der Waals surface area contributed by atoms with E-state index < -0.39 is 12.5 Å². The molecular weight excluding hydrogens is 298 g/mol. The van der Waals surface area contributed by atoms with Gasteiger partial charge in [0.1, 0.15) is 5.58 Å². The number of fused-ring (bicyclic) bond motifs is 1. The molecule has 3 aromatic rings. The first-order valence-corrected chi connectivity index (χ1v) is 7.00. The van der Waals surface area contributed by atoms with Gasteiger partial charge in [0.15, 0.2) is 12.4 Å². The van der Waals surface area contributed by atoms with Gasteiger partial charge in [-0.3, -0.25) is 9.59 Å². The van der Waals surface area contributed by atoms with Crippen molar-refractivity contribution in [1.29, 1.82) is 0 Å². The molecular formula is C17H15NO5. The molecule has 0 saturated carbocycles. The number of ether oxygens (including phenoxy) is 1. The number of benzene rings is 1. The molecule has 2 heterocycles. The van der Waals surface area contributed by atoms with E-state index in [1.807, 2.05) is 19.9 Å². The minimum atomic E-state index is -0.685. The molecule has 0 fully saturated rings. The number of rotatable bonds is 4. The number of primary amides is 1. The summed E-state index contributed by atoms with van der Waals surface area (Å²) in [6.07, 6.45) is 1.46. The second-order valence-electron chi connectivity index (χ2n) is 5.28. The van der Waals surface area contributed by atoms with Gasteiger partial charge >= 0.3 is 0 Å². The van der Waals surface area contributed by atoms with Crippen LogP contribution < -0.4 is 15.9 Å². The van der Waals surface area contributed by atoms with E-state index in [1.165, 1.54) is 6.26 Å². The van der Waals surface area contributed by atoms with Gasteiger partial charge in [-0.15, -0.1) is 0 Å². The van der Waals surface area contributed by atoms with Gasteiger partial charge in [0.25, 0.3) is 5.91 Å². The average Bonchev–Trinajstić information content (AvgIpc) is 3.00. The maximum atomic E-state index is 12.8. The molecule has 6 nitrogen and oxygen atoms in total. The van der Waals surface area contributed by atoms with Gasteiger partial charge in [-0.25, -0.2) is 0 Å². The fourth-order valence-corrected chi connectivity index (χ4v) is 2.48. The molecule has 118 valence electrons. The van der Waals surface area contributed by atoms with E-state index in [-0.39, 0.29) is 16.9 Å². The van der Waals surface area contributed by atoms with Crippen molar-refractivity contribution in [3.63, 3.8) is 0 Å². The van der Waals surface area contributed by atoms with E-state index >= 15 is 0 Å². The second-order valence-corrected chi connectivity index (χ2v) is 5.28. The maximum Gasteiger partial charge on any atom is 0.255 e. The van der Waals surface area contributed by atoms with Crippen molar-refractivity contribution >= 4 is 16.9 Å². The third-order valence-corrected chi connectivity index (χ3v) is 3.38. The Morgan fingerprint density at radius 3 is 2.74 bits per heavy atom. The number of hydrogen-bond acceptors (Lipinski definition) is 5. The predicted octanol–water partition coefficient (Wildman–Crippen LogP) is 2.53. The summed E-state index contributed by atoms with van der Waals surface area (Å²) in [7, 11) is 0. The molecule has 6 heteroatoms. The highest BCUT2D eigenvalue weighted by atomic mass is 16.5. The molecule has 0 unspecified atom stereocenters. The van der Waals surface area contributed by atoms with Crippen LogP contribution in [0, 0.1) is 13.8 Å². The zero-order valence-electron chi connectivity index (χ0n) is 12.7. The van der Waals surface area contributed by atoms with Gasteiger partial charge in [-0.05, 0) is 43.2 Å². The van der Waals surface area contributed by atoms with E-state index in [9.17, 15) is 9.59 Å². The zero-order chi connectivity index (χ0) is 16.6. The van der Waals surface area contributed by atoms with Gasteiger partial charge in [0.05, 0.1) is 11.6 Å². The smallest absolute Gasteiger partial charge is 0.255 e. The van der Waals surface area contributed by atoms with E-state index in [0.29, 0.717) is 16.7 Å². The first kappa shape index (κ1) is 14.9. The Kier molecular flexibility index (Phi) is 3.65. The minimum Gasteiger partial charge on any atom is -0.476 e.